The predicted molar refractivity (Wildman–Crippen MR) is 78.6 cm³/mol. The topological polar surface area (TPSA) is 86.3 Å². The van der Waals surface area contributed by atoms with Crippen LogP contribution in [0.2, 0.25) is 0 Å². The Hall–Kier alpha value is -1.84. The van der Waals surface area contributed by atoms with Crippen LogP contribution in [0.3, 0.4) is 0 Å². The van der Waals surface area contributed by atoms with Crippen molar-refractivity contribution in [3.63, 3.8) is 0 Å². The number of hydrogen-bond acceptors (Lipinski definition) is 5. The van der Waals surface area contributed by atoms with Crippen LogP contribution >= 0.6 is 12.4 Å². The predicted octanol–water partition coefficient (Wildman–Crippen LogP) is 0.371. The van der Waals surface area contributed by atoms with Crippen LogP contribution in [0.4, 0.5) is 5.82 Å². The first-order valence-corrected chi connectivity index (χ1v) is 6.27. The standard InChI is InChI=1S/C13H17N5O.ClH/c1-10(15)13(19)18-6-4-17(5-7-18)12-8-11(9-14)2-3-16-12;/h2-3,8,10H,4-7,15H2,1H3;1H/t10-;/m0./s1. The summed E-state index contributed by atoms with van der Waals surface area (Å²) in [5.41, 5.74) is 6.19. The Bertz CT molecular complexity index is 506. The molecule has 7 heteroatoms. The van der Waals surface area contributed by atoms with Gasteiger partial charge in [-0.1, -0.05) is 0 Å². The SMILES string of the molecule is C[C@H](N)C(=O)N1CCN(c2cc(C#N)ccn2)CC1.Cl. The van der Waals surface area contributed by atoms with Crippen molar-refractivity contribution in [1.82, 2.24) is 9.88 Å². The van der Waals surface area contributed by atoms with Crippen molar-refractivity contribution in [1.29, 1.82) is 5.26 Å². The number of piperazine rings is 1. The van der Waals surface area contributed by atoms with Crippen molar-refractivity contribution in [2.75, 3.05) is 31.1 Å². The van der Waals surface area contributed by atoms with Gasteiger partial charge in [0, 0.05) is 32.4 Å². The highest BCUT2D eigenvalue weighted by Gasteiger charge is 2.23. The molecular formula is C13H18ClN5O. The van der Waals surface area contributed by atoms with Gasteiger partial charge in [-0.05, 0) is 19.1 Å². The zero-order chi connectivity index (χ0) is 13.8. The lowest BCUT2D eigenvalue weighted by molar-refractivity contribution is -0.132. The fraction of sp³-hybridized carbons (Fsp3) is 0.462. The van der Waals surface area contributed by atoms with E-state index in [0.717, 1.165) is 5.82 Å². The lowest BCUT2D eigenvalue weighted by atomic mass is 10.2. The smallest absolute Gasteiger partial charge is 0.239 e. The van der Waals surface area contributed by atoms with Crippen LogP contribution in [0.15, 0.2) is 18.3 Å². The van der Waals surface area contributed by atoms with Gasteiger partial charge in [0.25, 0.3) is 0 Å². The fourth-order valence-electron chi connectivity index (χ4n) is 2.10. The number of halogens is 1. The number of hydrogen-bond donors (Lipinski definition) is 1. The van der Waals surface area contributed by atoms with Crippen LogP contribution in [0.25, 0.3) is 0 Å². The fourth-order valence-corrected chi connectivity index (χ4v) is 2.10. The maximum Gasteiger partial charge on any atom is 0.239 e. The Kier molecular flexibility index (Phi) is 5.74. The third kappa shape index (κ3) is 3.59. The second kappa shape index (κ2) is 7.08. The molecule has 0 radical (unpaired) electrons. The van der Waals surface area contributed by atoms with Crippen molar-refractivity contribution < 1.29 is 4.79 Å². The first-order valence-electron chi connectivity index (χ1n) is 6.27. The van der Waals surface area contributed by atoms with E-state index in [1.54, 1.807) is 30.2 Å². The minimum atomic E-state index is -0.452. The first-order chi connectivity index (χ1) is 9.11. The maximum atomic E-state index is 11.8. The number of anilines is 1. The molecule has 2 rings (SSSR count). The Morgan fingerprint density at radius 3 is 2.65 bits per heavy atom. The highest BCUT2D eigenvalue weighted by atomic mass is 35.5. The number of aromatic nitrogens is 1. The lowest BCUT2D eigenvalue weighted by Crippen LogP contribution is -2.52. The summed E-state index contributed by atoms with van der Waals surface area (Å²) in [6.45, 7) is 4.39. The highest BCUT2D eigenvalue weighted by molar-refractivity contribution is 5.85. The lowest BCUT2D eigenvalue weighted by Gasteiger charge is -2.36. The molecule has 20 heavy (non-hydrogen) atoms. The Morgan fingerprint density at radius 1 is 1.45 bits per heavy atom. The number of carbonyl (C=O) groups excluding carboxylic acids is 1. The monoisotopic (exact) mass is 295 g/mol. The van der Waals surface area contributed by atoms with E-state index in [1.165, 1.54) is 0 Å². The van der Waals surface area contributed by atoms with Crippen molar-refractivity contribution in [3.8, 4) is 6.07 Å². The quantitative estimate of drug-likeness (QED) is 0.852. The molecule has 108 valence electrons. The van der Waals surface area contributed by atoms with Gasteiger partial charge in [0.15, 0.2) is 0 Å². The molecule has 1 aromatic rings. The summed E-state index contributed by atoms with van der Waals surface area (Å²) < 4.78 is 0. The molecule has 0 aliphatic carbocycles. The molecule has 1 amide bonds. The van der Waals surface area contributed by atoms with E-state index in [-0.39, 0.29) is 18.3 Å². The second-order valence-electron chi connectivity index (χ2n) is 4.62. The minimum absolute atomic E-state index is 0. The minimum Gasteiger partial charge on any atom is -0.353 e. The van der Waals surface area contributed by atoms with Gasteiger partial charge in [-0.2, -0.15) is 5.26 Å². The van der Waals surface area contributed by atoms with Crippen LogP contribution in [-0.2, 0) is 4.79 Å². The molecule has 1 aliphatic rings. The normalized spacial score (nSPS) is 16.1. The summed E-state index contributed by atoms with van der Waals surface area (Å²) >= 11 is 0. The molecule has 1 saturated heterocycles. The number of pyridine rings is 1. The van der Waals surface area contributed by atoms with Gasteiger partial charge in [0.05, 0.1) is 17.7 Å². The summed E-state index contributed by atoms with van der Waals surface area (Å²) in [5, 5.41) is 8.87. The molecule has 2 heterocycles. The Morgan fingerprint density at radius 2 is 2.10 bits per heavy atom. The third-order valence-electron chi connectivity index (χ3n) is 3.18. The summed E-state index contributed by atoms with van der Waals surface area (Å²) in [6.07, 6.45) is 1.63. The van der Waals surface area contributed by atoms with Crippen molar-refractivity contribution in [3.05, 3.63) is 23.9 Å². The van der Waals surface area contributed by atoms with Gasteiger partial charge in [-0.15, -0.1) is 12.4 Å². The Balaban J connectivity index is 0.00000200. The summed E-state index contributed by atoms with van der Waals surface area (Å²) in [6, 6.07) is 5.10. The largest absolute Gasteiger partial charge is 0.353 e. The number of nitriles is 1. The Labute approximate surface area is 124 Å². The van der Waals surface area contributed by atoms with Crippen LogP contribution in [0.5, 0.6) is 0 Å². The number of amides is 1. The average molecular weight is 296 g/mol. The molecule has 2 N–H and O–H groups in total. The van der Waals surface area contributed by atoms with Gasteiger partial charge >= 0.3 is 0 Å². The number of rotatable bonds is 2. The maximum absolute atomic E-state index is 11.8. The molecule has 0 bridgehead atoms. The van der Waals surface area contributed by atoms with E-state index in [2.05, 4.69) is 16.0 Å². The van der Waals surface area contributed by atoms with Crippen LogP contribution in [0, 0.1) is 11.3 Å². The van der Waals surface area contributed by atoms with Crippen LogP contribution in [-0.4, -0.2) is 48.0 Å². The summed E-state index contributed by atoms with van der Waals surface area (Å²) in [5.74, 6) is 0.769. The van der Waals surface area contributed by atoms with Gasteiger partial charge in [-0.25, -0.2) is 4.98 Å². The number of nitrogens with zero attached hydrogens (tertiary/aromatic N) is 4. The van der Waals surface area contributed by atoms with E-state index in [1.807, 2.05) is 0 Å². The third-order valence-corrected chi connectivity index (χ3v) is 3.18. The van der Waals surface area contributed by atoms with E-state index in [4.69, 9.17) is 11.0 Å². The molecule has 0 spiro atoms. The van der Waals surface area contributed by atoms with Gasteiger partial charge in [0.2, 0.25) is 5.91 Å². The molecule has 0 saturated carbocycles. The van der Waals surface area contributed by atoms with Crippen molar-refractivity contribution in [2.24, 2.45) is 5.73 Å². The summed E-state index contributed by atoms with van der Waals surface area (Å²) in [4.78, 5) is 19.9. The van der Waals surface area contributed by atoms with E-state index < -0.39 is 6.04 Å². The number of nitrogens with two attached hydrogens (primary N) is 1. The molecule has 1 aromatic heterocycles. The van der Waals surface area contributed by atoms with Crippen LogP contribution in [0.1, 0.15) is 12.5 Å². The average Bonchev–Trinajstić information content (AvgIpc) is 2.46. The molecule has 1 fully saturated rings. The molecule has 0 aromatic carbocycles. The van der Waals surface area contributed by atoms with Gasteiger partial charge in [-0.3, -0.25) is 4.79 Å². The molecule has 1 atom stereocenters. The first kappa shape index (κ1) is 16.2. The number of carbonyl (C=O) groups is 1. The van der Waals surface area contributed by atoms with Gasteiger partial charge < -0.3 is 15.5 Å². The van der Waals surface area contributed by atoms with Crippen LogP contribution < -0.4 is 10.6 Å². The van der Waals surface area contributed by atoms with E-state index >= 15 is 0 Å². The van der Waals surface area contributed by atoms with Gasteiger partial charge in [0.1, 0.15) is 5.82 Å². The molecule has 1 aliphatic heterocycles. The van der Waals surface area contributed by atoms with E-state index in [0.29, 0.717) is 31.7 Å². The summed E-state index contributed by atoms with van der Waals surface area (Å²) in [7, 11) is 0. The van der Waals surface area contributed by atoms with Crippen molar-refractivity contribution >= 4 is 24.1 Å². The zero-order valence-electron chi connectivity index (χ0n) is 11.3. The molecule has 0 unspecified atom stereocenters. The highest BCUT2D eigenvalue weighted by Crippen LogP contribution is 2.15. The second-order valence-corrected chi connectivity index (χ2v) is 4.62. The van der Waals surface area contributed by atoms with Crippen molar-refractivity contribution in [2.45, 2.75) is 13.0 Å². The van der Waals surface area contributed by atoms with E-state index in [9.17, 15) is 4.79 Å². The molecule has 6 nitrogen and oxygen atoms in total. The molecular weight excluding hydrogens is 278 g/mol. The zero-order valence-corrected chi connectivity index (χ0v) is 12.1.